The minimum atomic E-state index is -0.610. The molecule has 92 valence electrons. The van der Waals surface area contributed by atoms with Gasteiger partial charge in [0.2, 0.25) is 5.91 Å². The van der Waals surface area contributed by atoms with Gasteiger partial charge in [-0.1, -0.05) is 11.6 Å². The standard InChI is InChI=1S/C11H13ClN2O3/c1-2-14(6-10(13)16)11(17)8-5-7(12)3-4-9(8)15/h3-5,15H,2,6H2,1H3,(H2,13,16). The van der Waals surface area contributed by atoms with Crippen molar-refractivity contribution in [2.24, 2.45) is 5.73 Å². The highest BCUT2D eigenvalue weighted by Crippen LogP contribution is 2.22. The minimum absolute atomic E-state index is 0.0561. The average Bonchev–Trinajstić information content (AvgIpc) is 2.28. The summed E-state index contributed by atoms with van der Waals surface area (Å²) in [6, 6.07) is 4.15. The van der Waals surface area contributed by atoms with Gasteiger partial charge >= 0.3 is 0 Å². The number of likely N-dealkylation sites (N-methyl/N-ethyl adjacent to an activating group) is 1. The van der Waals surface area contributed by atoms with E-state index in [1.54, 1.807) is 6.92 Å². The zero-order valence-corrected chi connectivity index (χ0v) is 10.1. The lowest BCUT2D eigenvalue weighted by molar-refractivity contribution is -0.118. The molecule has 0 aliphatic heterocycles. The summed E-state index contributed by atoms with van der Waals surface area (Å²) in [6.07, 6.45) is 0. The second kappa shape index (κ2) is 5.54. The van der Waals surface area contributed by atoms with Crippen LogP contribution in [0.2, 0.25) is 5.02 Å². The van der Waals surface area contributed by atoms with Crippen molar-refractivity contribution < 1.29 is 14.7 Å². The molecule has 0 aromatic heterocycles. The summed E-state index contributed by atoms with van der Waals surface area (Å²) in [5, 5.41) is 9.90. The molecule has 3 N–H and O–H groups in total. The zero-order chi connectivity index (χ0) is 13.0. The molecule has 0 fully saturated rings. The lowest BCUT2D eigenvalue weighted by atomic mass is 10.1. The fourth-order valence-corrected chi connectivity index (χ4v) is 1.54. The van der Waals surface area contributed by atoms with Crippen LogP contribution in [0.5, 0.6) is 5.75 Å². The first kappa shape index (κ1) is 13.3. The van der Waals surface area contributed by atoms with E-state index in [2.05, 4.69) is 0 Å². The number of hydrogen-bond acceptors (Lipinski definition) is 3. The molecule has 1 aromatic carbocycles. The van der Waals surface area contributed by atoms with Crippen molar-refractivity contribution in [2.45, 2.75) is 6.92 Å². The molecule has 0 bridgehead atoms. The Balaban J connectivity index is 3.01. The van der Waals surface area contributed by atoms with Crippen molar-refractivity contribution in [3.8, 4) is 5.75 Å². The molecule has 0 saturated carbocycles. The zero-order valence-electron chi connectivity index (χ0n) is 9.31. The maximum absolute atomic E-state index is 12.0. The highest BCUT2D eigenvalue weighted by molar-refractivity contribution is 6.31. The van der Waals surface area contributed by atoms with E-state index in [9.17, 15) is 14.7 Å². The van der Waals surface area contributed by atoms with E-state index in [4.69, 9.17) is 17.3 Å². The topological polar surface area (TPSA) is 83.6 Å². The number of hydrogen-bond donors (Lipinski definition) is 2. The molecule has 2 amide bonds. The van der Waals surface area contributed by atoms with Gasteiger partial charge < -0.3 is 15.7 Å². The number of benzene rings is 1. The predicted octanol–water partition coefficient (Wildman–Crippen LogP) is 0.993. The highest BCUT2D eigenvalue weighted by atomic mass is 35.5. The Morgan fingerprint density at radius 3 is 2.65 bits per heavy atom. The van der Waals surface area contributed by atoms with Crippen molar-refractivity contribution in [2.75, 3.05) is 13.1 Å². The van der Waals surface area contributed by atoms with Crippen LogP contribution in [0.15, 0.2) is 18.2 Å². The third-order valence-corrected chi connectivity index (χ3v) is 2.44. The van der Waals surface area contributed by atoms with E-state index in [1.807, 2.05) is 0 Å². The van der Waals surface area contributed by atoms with Crippen molar-refractivity contribution in [3.05, 3.63) is 28.8 Å². The average molecular weight is 257 g/mol. The Kier molecular flexibility index (Phi) is 4.34. The fraction of sp³-hybridized carbons (Fsp3) is 0.273. The minimum Gasteiger partial charge on any atom is -0.507 e. The number of nitrogens with zero attached hydrogens (tertiary/aromatic N) is 1. The largest absolute Gasteiger partial charge is 0.507 e. The van der Waals surface area contributed by atoms with Crippen LogP contribution in [-0.4, -0.2) is 34.9 Å². The molecule has 0 heterocycles. The lowest BCUT2D eigenvalue weighted by Crippen LogP contribution is -2.38. The summed E-state index contributed by atoms with van der Waals surface area (Å²) in [5.74, 6) is -1.27. The normalized spacial score (nSPS) is 10.0. The van der Waals surface area contributed by atoms with Crippen LogP contribution in [0, 0.1) is 0 Å². The van der Waals surface area contributed by atoms with Crippen LogP contribution in [0.1, 0.15) is 17.3 Å². The van der Waals surface area contributed by atoms with Gasteiger partial charge in [-0.05, 0) is 25.1 Å². The Hall–Kier alpha value is -1.75. The number of nitrogens with two attached hydrogens (primary N) is 1. The molecule has 1 aromatic rings. The number of phenols is 1. The van der Waals surface area contributed by atoms with Crippen molar-refractivity contribution in [1.82, 2.24) is 4.90 Å². The summed E-state index contributed by atoms with van der Waals surface area (Å²) in [4.78, 5) is 24.0. The quantitative estimate of drug-likeness (QED) is 0.843. The van der Waals surface area contributed by atoms with E-state index in [-0.39, 0.29) is 17.9 Å². The summed E-state index contributed by atoms with van der Waals surface area (Å²) in [7, 11) is 0. The van der Waals surface area contributed by atoms with Crippen LogP contribution in [0.3, 0.4) is 0 Å². The van der Waals surface area contributed by atoms with Gasteiger partial charge in [0.25, 0.3) is 5.91 Å². The second-order valence-corrected chi connectivity index (χ2v) is 3.88. The fourth-order valence-electron chi connectivity index (χ4n) is 1.37. The molecular formula is C11H13ClN2O3. The molecular weight excluding hydrogens is 244 g/mol. The number of primary amides is 1. The molecule has 1 rings (SSSR count). The molecule has 17 heavy (non-hydrogen) atoms. The van der Waals surface area contributed by atoms with Gasteiger partial charge in [0, 0.05) is 11.6 Å². The summed E-state index contributed by atoms with van der Waals surface area (Å²) < 4.78 is 0. The van der Waals surface area contributed by atoms with E-state index >= 15 is 0 Å². The highest BCUT2D eigenvalue weighted by Gasteiger charge is 2.19. The number of halogens is 1. The lowest BCUT2D eigenvalue weighted by Gasteiger charge is -2.19. The number of amides is 2. The first-order valence-electron chi connectivity index (χ1n) is 5.01. The van der Waals surface area contributed by atoms with Gasteiger partial charge in [-0.25, -0.2) is 0 Å². The number of carbonyl (C=O) groups is 2. The van der Waals surface area contributed by atoms with E-state index in [0.29, 0.717) is 11.6 Å². The van der Waals surface area contributed by atoms with Gasteiger partial charge in [0.1, 0.15) is 5.75 Å². The Bertz CT molecular complexity index is 448. The second-order valence-electron chi connectivity index (χ2n) is 3.45. The van der Waals surface area contributed by atoms with Crippen LogP contribution >= 0.6 is 11.6 Å². The predicted molar refractivity (Wildman–Crippen MR) is 63.9 cm³/mol. The van der Waals surface area contributed by atoms with E-state index in [0.717, 1.165) is 0 Å². The molecule has 0 radical (unpaired) electrons. The Morgan fingerprint density at radius 2 is 2.12 bits per heavy atom. The van der Waals surface area contributed by atoms with Gasteiger partial charge in [-0.2, -0.15) is 0 Å². The summed E-state index contributed by atoms with van der Waals surface area (Å²) in [6.45, 7) is 1.83. The monoisotopic (exact) mass is 256 g/mol. The number of aromatic hydroxyl groups is 1. The summed E-state index contributed by atoms with van der Waals surface area (Å²) in [5.41, 5.74) is 5.09. The molecule has 5 nitrogen and oxygen atoms in total. The third-order valence-electron chi connectivity index (χ3n) is 2.20. The first-order chi connectivity index (χ1) is 7.95. The van der Waals surface area contributed by atoms with Crippen LogP contribution in [0.25, 0.3) is 0 Å². The van der Waals surface area contributed by atoms with Gasteiger partial charge in [-0.15, -0.1) is 0 Å². The van der Waals surface area contributed by atoms with Crippen LogP contribution in [0.4, 0.5) is 0 Å². The number of phenolic OH excluding ortho intramolecular Hbond substituents is 1. The van der Waals surface area contributed by atoms with Crippen LogP contribution in [-0.2, 0) is 4.79 Å². The summed E-state index contributed by atoms with van der Waals surface area (Å²) >= 11 is 5.74. The van der Waals surface area contributed by atoms with Gasteiger partial charge in [0.05, 0.1) is 12.1 Å². The molecule has 0 aliphatic carbocycles. The smallest absolute Gasteiger partial charge is 0.258 e. The maximum atomic E-state index is 12.0. The molecule has 0 atom stereocenters. The number of rotatable bonds is 4. The maximum Gasteiger partial charge on any atom is 0.258 e. The van der Waals surface area contributed by atoms with E-state index in [1.165, 1.54) is 23.1 Å². The Labute approximate surface area is 104 Å². The van der Waals surface area contributed by atoms with Crippen molar-refractivity contribution >= 4 is 23.4 Å². The Morgan fingerprint density at radius 1 is 1.47 bits per heavy atom. The molecule has 0 unspecified atom stereocenters. The SMILES string of the molecule is CCN(CC(N)=O)C(=O)c1cc(Cl)ccc1O. The third kappa shape index (κ3) is 3.35. The van der Waals surface area contributed by atoms with Crippen molar-refractivity contribution in [1.29, 1.82) is 0 Å². The number of carbonyl (C=O) groups excluding carboxylic acids is 2. The van der Waals surface area contributed by atoms with E-state index < -0.39 is 11.8 Å². The van der Waals surface area contributed by atoms with Gasteiger partial charge in [0.15, 0.2) is 0 Å². The molecule has 6 heteroatoms. The molecule has 0 aliphatic rings. The first-order valence-corrected chi connectivity index (χ1v) is 5.39. The van der Waals surface area contributed by atoms with Crippen LogP contribution < -0.4 is 5.73 Å². The molecule has 0 saturated heterocycles. The van der Waals surface area contributed by atoms with Gasteiger partial charge in [-0.3, -0.25) is 9.59 Å². The molecule has 0 spiro atoms. The van der Waals surface area contributed by atoms with Crippen molar-refractivity contribution in [3.63, 3.8) is 0 Å².